The molecule has 3 fully saturated rings. The fraction of sp³-hybridized carbons (Fsp3) is 0.706. The Kier molecular flexibility index (Phi) is 4.04. The normalized spacial score (nSPS) is 28.8. The van der Waals surface area contributed by atoms with E-state index in [0.717, 1.165) is 70.8 Å². The molecule has 1 aromatic heterocycles. The van der Waals surface area contributed by atoms with Gasteiger partial charge < -0.3 is 20.3 Å². The molecular formula is C17H25N5O2. The van der Waals surface area contributed by atoms with Crippen LogP contribution in [0.15, 0.2) is 12.4 Å². The highest BCUT2D eigenvalue weighted by atomic mass is 16.5. The summed E-state index contributed by atoms with van der Waals surface area (Å²) in [5, 5.41) is 0. The largest absolute Gasteiger partial charge is 0.384 e. The molecule has 0 saturated carbocycles. The number of aromatic nitrogens is 2. The molecule has 0 unspecified atom stereocenters. The summed E-state index contributed by atoms with van der Waals surface area (Å²) in [5.41, 5.74) is 5.52. The van der Waals surface area contributed by atoms with Crippen LogP contribution in [-0.4, -0.2) is 59.7 Å². The molecule has 0 aromatic carbocycles. The Morgan fingerprint density at radius 1 is 1.21 bits per heavy atom. The molecule has 0 bridgehead atoms. The van der Waals surface area contributed by atoms with Gasteiger partial charge in [0, 0.05) is 45.0 Å². The Morgan fingerprint density at radius 3 is 2.83 bits per heavy atom. The second-order valence-electron chi connectivity index (χ2n) is 7.20. The molecule has 7 nitrogen and oxygen atoms in total. The van der Waals surface area contributed by atoms with Crippen LogP contribution in [0.4, 0.5) is 11.6 Å². The number of likely N-dealkylation sites (tertiary alicyclic amines) is 1. The van der Waals surface area contributed by atoms with E-state index in [9.17, 15) is 4.79 Å². The number of carbonyl (C=O) groups excluding carboxylic acids is 1. The Morgan fingerprint density at radius 2 is 2.04 bits per heavy atom. The van der Waals surface area contributed by atoms with Crippen molar-refractivity contribution < 1.29 is 9.53 Å². The average Bonchev–Trinajstić information content (AvgIpc) is 3.03. The van der Waals surface area contributed by atoms with Gasteiger partial charge in [-0.3, -0.25) is 4.79 Å². The van der Waals surface area contributed by atoms with E-state index < -0.39 is 0 Å². The third kappa shape index (κ3) is 2.70. The molecule has 24 heavy (non-hydrogen) atoms. The van der Waals surface area contributed by atoms with E-state index >= 15 is 0 Å². The Hall–Kier alpha value is -1.89. The first-order chi connectivity index (χ1) is 11.7. The molecule has 0 radical (unpaired) electrons. The standard InChI is InChI=1S/C17H25N5O2/c18-14-10-15(20-12-19-14)21-7-5-17(11-21)4-1-6-22(16(17)23)13-2-8-24-9-3-13/h10,12-13H,1-9,11H2,(H2,18,19,20)/t17-/m0/s1. The zero-order valence-electron chi connectivity index (χ0n) is 14.0. The lowest BCUT2D eigenvalue weighted by atomic mass is 9.77. The number of amides is 1. The topological polar surface area (TPSA) is 84.6 Å². The van der Waals surface area contributed by atoms with Gasteiger partial charge in [0.15, 0.2) is 0 Å². The minimum Gasteiger partial charge on any atom is -0.384 e. The van der Waals surface area contributed by atoms with Gasteiger partial charge in [-0.25, -0.2) is 9.97 Å². The summed E-state index contributed by atoms with van der Waals surface area (Å²) in [6.07, 6.45) is 6.38. The summed E-state index contributed by atoms with van der Waals surface area (Å²) < 4.78 is 5.46. The molecule has 1 atom stereocenters. The molecule has 7 heteroatoms. The van der Waals surface area contributed by atoms with Crippen LogP contribution >= 0.6 is 0 Å². The number of rotatable bonds is 2. The minimum absolute atomic E-state index is 0.254. The van der Waals surface area contributed by atoms with Crippen molar-refractivity contribution in [3.63, 3.8) is 0 Å². The third-order valence-electron chi connectivity index (χ3n) is 5.75. The van der Waals surface area contributed by atoms with E-state index in [0.29, 0.717) is 17.8 Å². The van der Waals surface area contributed by atoms with Crippen molar-refractivity contribution in [2.75, 3.05) is 43.5 Å². The Labute approximate surface area is 142 Å². The van der Waals surface area contributed by atoms with Crippen molar-refractivity contribution in [3.8, 4) is 0 Å². The first-order valence-corrected chi connectivity index (χ1v) is 8.89. The lowest BCUT2D eigenvalue weighted by Gasteiger charge is -2.44. The summed E-state index contributed by atoms with van der Waals surface area (Å²) in [6.45, 7) is 4.03. The van der Waals surface area contributed by atoms with Gasteiger partial charge in [-0.05, 0) is 32.1 Å². The molecule has 3 aliphatic rings. The molecule has 3 saturated heterocycles. The second-order valence-corrected chi connectivity index (χ2v) is 7.20. The highest BCUT2D eigenvalue weighted by molar-refractivity contribution is 5.85. The third-order valence-corrected chi connectivity index (χ3v) is 5.75. The van der Waals surface area contributed by atoms with Crippen LogP contribution in [0.5, 0.6) is 0 Å². The van der Waals surface area contributed by atoms with Crippen LogP contribution in [0.1, 0.15) is 32.1 Å². The van der Waals surface area contributed by atoms with Crippen molar-refractivity contribution >= 4 is 17.5 Å². The van der Waals surface area contributed by atoms with Crippen LogP contribution in [0.25, 0.3) is 0 Å². The van der Waals surface area contributed by atoms with Crippen LogP contribution in [-0.2, 0) is 9.53 Å². The average molecular weight is 331 g/mol. The highest BCUT2D eigenvalue weighted by Crippen LogP contribution is 2.42. The van der Waals surface area contributed by atoms with Crippen LogP contribution in [0.3, 0.4) is 0 Å². The maximum absolute atomic E-state index is 13.3. The van der Waals surface area contributed by atoms with Crippen LogP contribution in [0, 0.1) is 5.41 Å². The summed E-state index contributed by atoms with van der Waals surface area (Å²) in [7, 11) is 0. The van der Waals surface area contributed by atoms with Gasteiger partial charge in [-0.15, -0.1) is 0 Å². The smallest absolute Gasteiger partial charge is 0.230 e. The SMILES string of the molecule is Nc1cc(N2CC[C@@]3(CCCN(C4CCOCC4)C3=O)C2)ncn1. The monoisotopic (exact) mass is 331 g/mol. The molecule has 4 rings (SSSR count). The first kappa shape index (κ1) is 15.6. The predicted molar refractivity (Wildman–Crippen MR) is 90.5 cm³/mol. The predicted octanol–water partition coefficient (Wildman–Crippen LogP) is 1.06. The summed E-state index contributed by atoms with van der Waals surface area (Å²) >= 11 is 0. The van der Waals surface area contributed by atoms with Gasteiger partial charge in [0.25, 0.3) is 0 Å². The number of hydrogen-bond donors (Lipinski definition) is 1. The van der Waals surface area contributed by atoms with Crippen molar-refractivity contribution in [2.24, 2.45) is 5.41 Å². The lowest BCUT2D eigenvalue weighted by Crippen LogP contribution is -2.54. The molecule has 1 amide bonds. The number of anilines is 2. The van der Waals surface area contributed by atoms with Crippen molar-refractivity contribution in [1.29, 1.82) is 0 Å². The van der Waals surface area contributed by atoms with E-state index in [2.05, 4.69) is 19.8 Å². The quantitative estimate of drug-likeness (QED) is 0.872. The second kappa shape index (κ2) is 6.20. The van der Waals surface area contributed by atoms with Crippen molar-refractivity contribution in [2.45, 2.75) is 38.1 Å². The van der Waals surface area contributed by atoms with Gasteiger partial charge >= 0.3 is 0 Å². The summed E-state index contributed by atoms with van der Waals surface area (Å²) in [5.74, 6) is 1.64. The van der Waals surface area contributed by atoms with Crippen molar-refractivity contribution in [1.82, 2.24) is 14.9 Å². The van der Waals surface area contributed by atoms with Gasteiger partial charge in [-0.1, -0.05) is 0 Å². The molecule has 130 valence electrons. The Balaban J connectivity index is 1.51. The summed E-state index contributed by atoms with van der Waals surface area (Å²) in [6, 6.07) is 2.15. The van der Waals surface area contributed by atoms with Crippen molar-refractivity contribution in [3.05, 3.63) is 12.4 Å². The number of hydrogen-bond acceptors (Lipinski definition) is 6. The number of nitrogens with two attached hydrogens (primary N) is 1. The lowest BCUT2D eigenvalue weighted by molar-refractivity contribution is -0.149. The molecule has 4 heterocycles. The number of piperidine rings is 1. The van der Waals surface area contributed by atoms with E-state index in [-0.39, 0.29) is 5.41 Å². The summed E-state index contributed by atoms with van der Waals surface area (Å²) in [4.78, 5) is 25.9. The molecule has 0 aliphatic carbocycles. The molecule has 2 N–H and O–H groups in total. The fourth-order valence-electron chi connectivity index (χ4n) is 4.43. The number of nitrogen functional groups attached to an aromatic ring is 1. The maximum atomic E-state index is 13.3. The number of nitrogens with zero attached hydrogens (tertiary/aromatic N) is 4. The first-order valence-electron chi connectivity index (χ1n) is 8.89. The van der Waals surface area contributed by atoms with Gasteiger partial charge in [0.05, 0.1) is 5.41 Å². The van der Waals surface area contributed by atoms with Gasteiger partial charge in [0.1, 0.15) is 18.0 Å². The van der Waals surface area contributed by atoms with E-state index in [1.54, 1.807) is 6.07 Å². The van der Waals surface area contributed by atoms with Gasteiger partial charge in [0.2, 0.25) is 5.91 Å². The maximum Gasteiger partial charge on any atom is 0.230 e. The molecular weight excluding hydrogens is 306 g/mol. The van der Waals surface area contributed by atoms with Crippen LogP contribution in [0.2, 0.25) is 0 Å². The number of ether oxygens (including phenoxy) is 1. The van der Waals surface area contributed by atoms with Crippen LogP contribution < -0.4 is 10.6 Å². The van der Waals surface area contributed by atoms with E-state index in [1.165, 1.54) is 6.33 Å². The molecule has 3 aliphatic heterocycles. The van der Waals surface area contributed by atoms with E-state index in [4.69, 9.17) is 10.5 Å². The molecule has 1 aromatic rings. The van der Waals surface area contributed by atoms with E-state index in [1.807, 2.05) is 0 Å². The zero-order valence-corrected chi connectivity index (χ0v) is 14.0. The Bertz CT molecular complexity index is 619. The van der Waals surface area contributed by atoms with Gasteiger partial charge in [-0.2, -0.15) is 0 Å². The molecule has 1 spiro atoms. The minimum atomic E-state index is -0.254. The zero-order chi connectivity index (χ0) is 16.6. The fourth-order valence-corrected chi connectivity index (χ4v) is 4.43. The number of carbonyl (C=O) groups is 1. The highest BCUT2D eigenvalue weighted by Gasteiger charge is 2.49.